The summed E-state index contributed by atoms with van der Waals surface area (Å²) in [5, 5.41) is 5.92. The Kier molecular flexibility index (Phi) is 6.90. The Labute approximate surface area is 169 Å². The molecular formula is C21H23ClN2O4. The minimum Gasteiger partial charge on any atom is -0.490 e. The molecular weight excluding hydrogens is 380 g/mol. The first-order valence-corrected chi connectivity index (χ1v) is 9.68. The number of anilines is 2. The van der Waals surface area contributed by atoms with Gasteiger partial charge in [-0.3, -0.25) is 9.59 Å². The molecule has 6 nitrogen and oxygen atoms in total. The minimum absolute atomic E-state index is 0.0596. The number of carbonyl (C=O) groups is 2. The fourth-order valence-electron chi connectivity index (χ4n) is 2.88. The van der Waals surface area contributed by atoms with E-state index >= 15 is 0 Å². The quantitative estimate of drug-likeness (QED) is 0.714. The van der Waals surface area contributed by atoms with Crippen LogP contribution in [-0.4, -0.2) is 31.1 Å². The van der Waals surface area contributed by atoms with Crippen molar-refractivity contribution in [3.63, 3.8) is 0 Å². The summed E-state index contributed by atoms with van der Waals surface area (Å²) in [6.07, 6.45) is 2.41. The number of halogens is 1. The molecule has 3 rings (SSSR count). The Morgan fingerprint density at radius 1 is 1.21 bits per heavy atom. The SMILES string of the molecule is CCC(=O)Nc1ccc(Cl)c(NC(=O)c2ccccc2OCC2CCCO2)c1. The summed E-state index contributed by atoms with van der Waals surface area (Å²) in [5.74, 6) is 0.0262. The van der Waals surface area contributed by atoms with E-state index in [1.165, 1.54) is 0 Å². The smallest absolute Gasteiger partial charge is 0.259 e. The van der Waals surface area contributed by atoms with E-state index < -0.39 is 0 Å². The first-order valence-electron chi connectivity index (χ1n) is 9.31. The number of amides is 2. The Morgan fingerprint density at radius 3 is 2.79 bits per heavy atom. The summed E-state index contributed by atoms with van der Waals surface area (Å²) in [5.41, 5.74) is 1.38. The minimum atomic E-state index is -0.344. The van der Waals surface area contributed by atoms with E-state index in [1.54, 1.807) is 43.3 Å². The highest BCUT2D eigenvalue weighted by molar-refractivity contribution is 6.34. The van der Waals surface area contributed by atoms with Crippen molar-refractivity contribution in [2.75, 3.05) is 23.8 Å². The zero-order valence-electron chi connectivity index (χ0n) is 15.7. The van der Waals surface area contributed by atoms with Crippen LogP contribution in [0.3, 0.4) is 0 Å². The fraction of sp³-hybridized carbons (Fsp3) is 0.333. The van der Waals surface area contributed by atoms with Crippen LogP contribution in [0.5, 0.6) is 5.75 Å². The van der Waals surface area contributed by atoms with Crippen molar-refractivity contribution in [2.24, 2.45) is 0 Å². The van der Waals surface area contributed by atoms with E-state index in [0.29, 0.717) is 40.7 Å². The molecule has 148 valence electrons. The van der Waals surface area contributed by atoms with Gasteiger partial charge < -0.3 is 20.1 Å². The van der Waals surface area contributed by atoms with Gasteiger partial charge in [0.1, 0.15) is 12.4 Å². The molecule has 0 aliphatic carbocycles. The highest BCUT2D eigenvalue weighted by atomic mass is 35.5. The summed E-state index contributed by atoms with van der Waals surface area (Å²) in [7, 11) is 0. The summed E-state index contributed by atoms with van der Waals surface area (Å²) in [6.45, 7) is 2.92. The van der Waals surface area contributed by atoms with Crippen molar-refractivity contribution in [1.29, 1.82) is 0 Å². The van der Waals surface area contributed by atoms with Crippen molar-refractivity contribution >= 4 is 34.8 Å². The van der Waals surface area contributed by atoms with Gasteiger partial charge in [-0.1, -0.05) is 30.7 Å². The highest BCUT2D eigenvalue weighted by Gasteiger charge is 2.19. The number of hydrogen-bond donors (Lipinski definition) is 2. The van der Waals surface area contributed by atoms with Gasteiger partial charge in [-0.15, -0.1) is 0 Å². The Hall–Kier alpha value is -2.57. The summed E-state index contributed by atoms with van der Waals surface area (Å²) in [4.78, 5) is 24.4. The first-order chi connectivity index (χ1) is 13.6. The average molecular weight is 403 g/mol. The van der Waals surface area contributed by atoms with E-state index in [0.717, 1.165) is 19.4 Å². The zero-order valence-corrected chi connectivity index (χ0v) is 16.4. The van der Waals surface area contributed by atoms with Gasteiger partial charge in [0.2, 0.25) is 5.91 Å². The number of hydrogen-bond acceptors (Lipinski definition) is 4. The van der Waals surface area contributed by atoms with Crippen LogP contribution in [0.25, 0.3) is 0 Å². The Balaban J connectivity index is 1.72. The van der Waals surface area contributed by atoms with Crippen molar-refractivity contribution < 1.29 is 19.1 Å². The molecule has 1 heterocycles. The van der Waals surface area contributed by atoms with Crippen LogP contribution in [0.4, 0.5) is 11.4 Å². The maximum Gasteiger partial charge on any atom is 0.259 e. The second kappa shape index (κ2) is 9.57. The third-order valence-corrected chi connectivity index (χ3v) is 4.73. The van der Waals surface area contributed by atoms with Crippen LogP contribution in [-0.2, 0) is 9.53 Å². The summed E-state index contributed by atoms with van der Waals surface area (Å²) < 4.78 is 11.4. The molecule has 2 aromatic rings. The summed E-state index contributed by atoms with van der Waals surface area (Å²) in [6, 6.07) is 12.0. The fourth-order valence-corrected chi connectivity index (χ4v) is 3.04. The highest BCUT2D eigenvalue weighted by Crippen LogP contribution is 2.28. The van der Waals surface area contributed by atoms with Gasteiger partial charge >= 0.3 is 0 Å². The molecule has 1 aliphatic rings. The number of para-hydroxylation sites is 1. The average Bonchev–Trinajstić information content (AvgIpc) is 3.22. The molecule has 0 aromatic heterocycles. The molecule has 1 atom stereocenters. The number of ether oxygens (including phenoxy) is 2. The maximum absolute atomic E-state index is 12.8. The predicted octanol–water partition coefficient (Wildman–Crippen LogP) is 4.50. The molecule has 2 N–H and O–H groups in total. The lowest BCUT2D eigenvalue weighted by molar-refractivity contribution is -0.115. The van der Waals surface area contributed by atoms with Crippen LogP contribution in [0.2, 0.25) is 5.02 Å². The van der Waals surface area contributed by atoms with E-state index in [9.17, 15) is 9.59 Å². The van der Waals surface area contributed by atoms with Crippen LogP contribution < -0.4 is 15.4 Å². The molecule has 1 fully saturated rings. The van der Waals surface area contributed by atoms with Crippen molar-refractivity contribution in [2.45, 2.75) is 32.3 Å². The van der Waals surface area contributed by atoms with Crippen molar-refractivity contribution in [3.8, 4) is 5.75 Å². The standard InChI is InChI=1S/C21H23ClN2O4/c1-2-20(25)23-14-9-10-17(22)18(12-14)24-21(26)16-7-3-4-8-19(16)28-13-15-6-5-11-27-15/h3-4,7-10,12,15H,2,5-6,11,13H2,1H3,(H,23,25)(H,24,26). The Morgan fingerprint density at radius 2 is 2.04 bits per heavy atom. The van der Waals surface area contributed by atoms with E-state index in [4.69, 9.17) is 21.1 Å². The van der Waals surface area contributed by atoms with E-state index in [2.05, 4.69) is 10.6 Å². The number of nitrogens with one attached hydrogen (secondary N) is 2. The van der Waals surface area contributed by atoms with Gasteiger partial charge in [-0.05, 0) is 43.2 Å². The number of carbonyl (C=O) groups excluding carboxylic acids is 2. The van der Waals surface area contributed by atoms with Crippen LogP contribution in [0, 0.1) is 0 Å². The second-order valence-corrected chi connectivity index (χ2v) is 6.90. The van der Waals surface area contributed by atoms with Crippen molar-refractivity contribution in [1.82, 2.24) is 0 Å². The Bertz CT molecular complexity index is 850. The molecule has 2 aromatic carbocycles. The lowest BCUT2D eigenvalue weighted by Crippen LogP contribution is -2.19. The molecule has 1 unspecified atom stereocenters. The van der Waals surface area contributed by atoms with Crippen LogP contribution >= 0.6 is 11.6 Å². The first kappa shape index (κ1) is 20.2. The van der Waals surface area contributed by atoms with Gasteiger partial charge in [-0.2, -0.15) is 0 Å². The lowest BCUT2D eigenvalue weighted by Gasteiger charge is -2.15. The largest absolute Gasteiger partial charge is 0.490 e. The van der Waals surface area contributed by atoms with E-state index in [1.807, 2.05) is 6.07 Å². The predicted molar refractivity (Wildman–Crippen MR) is 109 cm³/mol. The summed E-state index contributed by atoms with van der Waals surface area (Å²) >= 11 is 6.21. The topological polar surface area (TPSA) is 76.7 Å². The van der Waals surface area contributed by atoms with Gasteiger partial charge in [0.15, 0.2) is 0 Å². The molecule has 0 saturated carbocycles. The number of benzene rings is 2. The third-order valence-electron chi connectivity index (χ3n) is 4.40. The molecule has 28 heavy (non-hydrogen) atoms. The van der Waals surface area contributed by atoms with Crippen LogP contribution in [0.1, 0.15) is 36.5 Å². The normalized spacial score (nSPS) is 15.9. The number of rotatable bonds is 7. The maximum atomic E-state index is 12.8. The molecule has 1 aliphatic heterocycles. The molecule has 0 bridgehead atoms. The van der Waals surface area contributed by atoms with Crippen molar-refractivity contribution in [3.05, 3.63) is 53.1 Å². The second-order valence-electron chi connectivity index (χ2n) is 6.49. The van der Waals surface area contributed by atoms with E-state index in [-0.39, 0.29) is 17.9 Å². The molecule has 7 heteroatoms. The van der Waals surface area contributed by atoms with Crippen LogP contribution in [0.15, 0.2) is 42.5 Å². The monoisotopic (exact) mass is 402 g/mol. The lowest BCUT2D eigenvalue weighted by atomic mass is 10.1. The van der Waals surface area contributed by atoms with Gasteiger partial charge in [0.25, 0.3) is 5.91 Å². The molecule has 2 amide bonds. The third kappa shape index (κ3) is 5.24. The van der Waals surface area contributed by atoms with Gasteiger partial charge in [0.05, 0.1) is 22.4 Å². The van der Waals surface area contributed by atoms with Gasteiger partial charge in [-0.25, -0.2) is 0 Å². The zero-order chi connectivity index (χ0) is 19.9. The molecule has 0 spiro atoms. The molecule has 1 saturated heterocycles. The molecule has 0 radical (unpaired) electrons. The van der Waals surface area contributed by atoms with Gasteiger partial charge in [0, 0.05) is 18.7 Å².